The van der Waals surface area contributed by atoms with Gasteiger partial charge in [-0.1, -0.05) is 30.8 Å². The van der Waals surface area contributed by atoms with Crippen molar-refractivity contribution < 1.29 is 4.79 Å². The van der Waals surface area contributed by atoms with Gasteiger partial charge in [-0.3, -0.25) is 9.20 Å². The molecular formula is C26H26N6O. The number of fused-ring (bicyclic) bond motifs is 1. The number of para-hydroxylation sites is 1. The first-order chi connectivity index (χ1) is 16.1. The van der Waals surface area contributed by atoms with Crippen molar-refractivity contribution in [1.29, 1.82) is 0 Å². The van der Waals surface area contributed by atoms with Gasteiger partial charge in [-0.2, -0.15) is 0 Å². The number of likely N-dealkylation sites (tertiary alicyclic amines) is 1. The van der Waals surface area contributed by atoms with Crippen LogP contribution in [-0.4, -0.2) is 31.7 Å². The Hall–Kier alpha value is -4.13. The average molecular weight is 439 g/mol. The second-order valence-corrected chi connectivity index (χ2v) is 8.26. The van der Waals surface area contributed by atoms with Crippen LogP contribution in [0.4, 0.5) is 17.2 Å². The molecule has 4 aromatic rings. The van der Waals surface area contributed by atoms with Gasteiger partial charge in [0.25, 0.3) is 0 Å². The number of nitrogens with one attached hydrogen (secondary N) is 1. The molecule has 1 aliphatic heterocycles. The average Bonchev–Trinajstić information content (AvgIpc) is 3.46. The maximum Gasteiger partial charge on any atom is 0.246 e. The molecule has 1 amide bonds. The second-order valence-electron chi connectivity index (χ2n) is 8.26. The number of aryl methyl sites for hydroxylation is 1. The lowest BCUT2D eigenvalue weighted by Crippen LogP contribution is -2.29. The van der Waals surface area contributed by atoms with Crippen molar-refractivity contribution in [2.45, 2.75) is 25.8 Å². The molecule has 0 bridgehead atoms. The minimum Gasteiger partial charge on any atom is -0.382 e. The van der Waals surface area contributed by atoms with Crippen molar-refractivity contribution in [2.75, 3.05) is 17.6 Å². The van der Waals surface area contributed by atoms with Crippen molar-refractivity contribution in [1.82, 2.24) is 19.3 Å². The van der Waals surface area contributed by atoms with Crippen LogP contribution in [0.1, 0.15) is 30.3 Å². The molecule has 3 N–H and O–H groups in total. The van der Waals surface area contributed by atoms with E-state index in [-0.39, 0.29) is 11.9 Å². The number of anilines is 3. The topological polar surface area (TPSA) is 88.5 Å². The number of amides is 1. The van der Waals surface area contributed by atoms with E-state index in [0.29, 0.717) is 12.4 Å². The second kappa shape index (κ2) is 8.43. The summed E-state index contributed by atoms with van der Waals surface area (Å²) in [6.07, 6.45) is 6.68. The highest BCUT2D eigenvalue weighted by Crippen LogP contribution is 2.37. The SMILES string of the molecule is C=CC(=O)N1CCC[C@H]1c1nc(-c2ccc(Nc3ccccc3)c(C)c2)c2c(N)nccn12. The van der Waals surface area contributed by atoms with Gasteiger partial charge < -0.3 is 16.0 Å². The molecule has 1 aliphatic rings. The monoisotopic (exact) mass is 438 g/mol. The third-order valence-electron chi connectivity index (χ3n) is 6.17. The Balaban J connectivity index is 1.58. The highest BCUT2D eigenvalue weighted by molar-refractivity contribution is 5.88. The molecule has 1 saturated heterocycles. The predicted molar refractivity (Wildman–Crippen MR) is 131 cm³/mol. The maximum atomic E-state index is 12.4. The highest BCUT2D eigenvalue weighted by atomic mass is 16.2. The third-order valence-corrected chi connectivity index (χ3v) is 6.17. The quantitative estimate of drug-likeness (QED) is 0.434. The molecule has 1 fully saturated rings. The zero-order chi connectivity index (χ0) is 22.9. The molecule has 0 saturated carbocycles. The Kier molecular flexibility index (Phi) is 5.30. The highest BCUT2D eigenvalue weighted by Gasteiger charge is 2.33. The number of nitrogens with two attached hydrogens (primary N) is 1. The van der Waals surface area contributed by atoms with Crippen LogP contribution in [-0.2, 0) is 4.79 Å². The fourth-order valence-corrected chi connectivity index (χ4v) is 4.57. The largest absolute Gasteiger partial charge is 0.382 e. The van der Waals surface area contributed by atoms with Crippen LogP contribution in [0.3, 0.4) is 0 Å². The number of carbonyl (C=O) groups is 1. The summed E-state index contributed by atoms with van der Waals surface area (Å²) < 4.78 is 1.97. The molecule has 2 aromatic carbocycles. The van der Waals surface area contributed by atoms with E-state index in [0.717, 1.165) is 52.4 Å². The van der Waals surface area contributed by atoms with Crippen LogP contribution in [0, 0.1) is 6.92 Å². The van der Waals surface area contributed by atoms with Crippen LogP contribution in [0.2, 0.25) is 0 Å². The van der Waals surface area contributed by atoms with E-state index in [1.807, 2.05) is 51.9 Å². The summed E-state index contributed by atoms with van der Waals surface area (Å²) in [5, 5.41) is 3.46. The normalized spacial score (nSPS) is 15.7. The Morgan fingerprint density at radius 1 is 1.24 bits per heavy atom. The number of nitrogens with zero attached hydrogens (tertiary/aromatic N) is 4. The lowest BCUT2D eigenvalue weighted by atomic mass is 10.1. The van der Waals surface area contributed by atoms with Gasteiger partial charge in [0.05, 0.1) is 6.04 Å². The van der Waals surface area contributed by atoms with E-state index < -0.39 is 0 Å². The van der Waals surface area contributed by atoms with Gasteiger partial charge in [-0.15, -0.1) is 0 Å². The van der Waals surface area contributed by atoms with Crippen molar-refractivity contribution in [3.63, 3.8) is 0 Å². The molecule has 2 aromatic heterocycles. The van der Waals surface area contributed by atoms with E-state index >= 15 is 0 Å². The van der Waals surface area contributed by atoms with Gasteiger partial charge in [0.15, 0.2) is 0 Å². The number of hydrogen-bond donors (Lipinski definition) is 2. The molecule has 7 heteroatoms. The van der Waals surface area contributed by atoms with Crippen molar-refractivity contribution in [3.05, 3.63) is 85.0 Å². The van der Waals surface area contributed by atoms with E-state index in [1.54, 1.807) is 6.20 Å². The molecule has 1 atom stereocenters. The van der Waals surface area contributed by atoms with E-state index in [4.69, 9.17) is 10.7 Å². The summed E-state index contributed by atoms with van der Waals surface area (Å²) in [6, 6.07) is 16.1. The zero-order valence-electron chi connectivity index (χ0n) is 18.5. The van der Waals surface area contributed by atoms with Gasteiger partial charge in [0, 0.05) is 35.9 Å². The summed E-state index contributed by atoms with van der Waals surface area (Å²) in [4.78, 5) is 23.6. The third kappa shape index (κ3) is 3.71. The zero-order valence-corrected chi connectivity index (χ0v) is 18.5. The number of hydrogen-bond acceptors (Lipinski definition) is 5. The molecule has 0 radical (unpaired) electrons. The number of imidazole rings is 1. The van der Waals surface area contributed by atoms with Gasteiger partial charge in [0.1, 0.15) is 22.9 Å². The number of benzene rings is 2. The Morgan fingerprint density at radius 3 is 2.82 bits per heavy atom. The van der Waals surface area contributed by atoms with E-state index in [9.17, 15) is 4.79 Å². The fourth-order valence-electron chi connectivity index (χ4n) is 4.57. The van der Waals surface area contributed by atoms with Crippen LogP contribution in [0.5, 0.6) is 0 Å². The van der Waals surface area contributed by atoms with Crippen molar-refractivity contribution in [3.8, 4) is 11.3 Å². The maximum absolute atomic E-state index is 12.4. The van der Waals surface area contributed by atoms with Crippen LogP contribution in [0.15, 0.2) is 73.6 Å². The molecule has 0 aliphatic carbocycles. The Morgan fingerprint density at radius 2 is 2.06 bits per heavy atom. The van der Waals surface area contributed by atoms with Crippen molar-refractivity contribution >= 4 is 28.6 Å². The van der Waals surface area contributed by atoms with E-state index in [2.05, 4.69) is 35.9 Å². The Bertz CT molecular complexity index is 1340. The van der Waals surface area contributed by atoms with Gasteiger partial charge >= 0.3 is 0 Å². The summed E-state index contributed by atoms with van der Waals surface area (Å²) in [7, 11) is 0. The molecular weight excluding hydrogens is 412 g/mol. The molecule has 5 rings (SSSR count). The molecule has 3 heterocycles. The first kappa shape index (κ1) is 20.8. The van der Waals surface area contributed by atoms with Crippen LogP contribution >= 0.6 is 0 Å². The molecule has 166 valence electrons. The summed E-state index contributed by atoms with van der Waals surface area (Å²) in [5.74, 6) is 1.13. The smallest absolute Gasteiger partial charge is 0.246 e. The first-order valence-corrected chi connectivity index (χ1v) is 11.1. The summed E-state index contributed by atoms with van der Waals surface area (Å²) in [6.45, 7) is 6.42. The van der Waals surface area contributed by atoms with Crippen LogP contribution in [0.25, 0.3) is 16.8 Å². The molecule has 0 unspecified atom stereocenters. The minimum absolute atomic E-state index is 0.0787. The van der Waals surface area contributed by atoms with Gasteiger partial charge in [0.2, 0.25) is 5.91 Å². The predicted octanol–water partition coefficient (Wildman–Crippen LogP) is 4.88. The fraction of sp³-hybridized carbons (Fsp3) is 0.192. The molecule has 7 nitrogen and oxygen atoms in total. The molecule has 0 spiro atoms. The standard InChI is InChI=1S/C26H26N6O/c1-3-22(33)31-14-7-10-21(31)26-30-23(24-25(27)28-13-15-32(24)26)18-11-12-20(17(2)16-18)29-19-8-5-4-6-9-19/h3-6,8-9,11-13,15-16,21,29H,1,7,10,14H2,2H3,(H2,27,28)/t21-/m0/s1. The van der Waals surface area contributed by atoms with Gasteiger partial charge in [-0.05, 0) is 55.7 Å². The van der Waals surface area contributed by atoms with Crippen LogP contribution < -0.4 is 11.1 Å². The Labute approximate surface area is 192 Å². The first-order valence-electron chi connectivity index (χ1n) is 11.1. The number of nitrogen functional groups attached to an aromatic ring is 1. The van der Waals surface area contributed by atoms with Gasteiger partial charge in [-0.25, -0.2) is 9.97 Å². The number of rotatable bonds is 5. The summed E-state index contributed by atoms with van der Waals surface area (Å²) in [5.41, 5.74) is 11.9. The number of carbonyl (C=O) groups excluding carboxylic acids is 1. The van der Waals surface area contributed by atoms with E-state index in [1.165, 1.54) is 6.08 Å². The summed E-state index contributed by atoms with van der Waals surface area (Å²) >= 11 is 0. The minimum atomic E-state index is -0.126. The lowest BCUT2D eigenvalue weighted by Gasteiger charge is -2.22. The number of aromatic nitrogens is 3. The molecule has 33 heavy (non-hydrogen) atoms. The lowest BCUT2D eigenvalue weighted by molar-refractivity contribution is -0.127. The van der Waals surface area contributed by atoms with Crippen molar-refractivity contribution in [2.24, 2.45) is 0 Å².